The van der Waals surface area contributed by atoms with Gasteiger partial charge in [-0.3, -0.25) is 0 Å². The fourth-order valence-corrected chi connectivity index (χ4v) is 8.79. The van der Waals surface area contributed by atoms with Gasteiger partial charge in [-0.1, -0.05) is 188 Å². The summed E-state index contributed by atoms with van der Waals surface area (Å²) in [7, 11) is 0. The highest BCUT2D eigenvalue weighted by atomic mass is 14.5. The monoisotopic (exact) mass is 620 g/mol. The van der Waals surface area contributed by atoms with Crippen molar-refractivity contribution in [1.29, 1.82) is 0 Å². The predicted octanol–water partition coefficient (Wildman–Crippen LogP) is 12.8. The average molecular weight is 621 g/mol. The first kappa shape index (κ1) is 27.8. The fraction of sp³-hybridized carbons (Fsp3) is 0.0204. The third-order valence-corrected chi connectivity index (χ3v) is 10.7. The standard InChI is InChI=1S/C49H32/c1-2-18-36(19-3-1)49(45-28-14-12-22-39(45)37-20-6-7-21-38(37)40-23-13-15-29-46(40)49)48-43-26-10-8-24-41(43)47(42-25-9-11-27-44(42)48)35-31-30-33-16-4-5-17-34(33)32-35/h1-32H. The quantitative estimate of drug-likeness (QED) is 0.172. The molecule has 0 atom stereocenters. The van der Waals surface area contributed by atoms with Gasteiger partial charge in [0.25, 0.3) is 0 Å². The summed E-state index contributed by atoms with van der Waals surface area (Å²) in [4.78, 5) is 0. The lowest BCUT2D eigenvalue weighted by Crippen LogP contribution is -2.32. The zero-order chi connectivity index (χ0) is 32.4. The zero-order valence-electron chi connectivity index (χ0n) is 27.0. The maximum atomic E-state index is 2.38. The lowest BCUT2D eigenvalue weighted by molar-refractivity contribution is 0.766. The van der Waals surface area contributed by atoms with Gasteiger partial charge in [-0.2, -0.15) is 0 Å². The second kappa shape index (κ2) is 10.9. The minimum Gasteiger partial charge on any atom is -0.0622 e. The Balaban J connectivity index is 1.46. The fourth-order valence-electron chi connectivity index (χ4n) is 8.79. The summed E-state index contributed by atoms with van der Waals surface area (Å²) in [6.07, 6.45) is 0. The van der Waals surface area contributed by atoms with Crippen LogP contribution in [0.4, 0.5) is 0 Å². The van der Waals surface area contributed by atoms with E-state index in [-0.39, 0.29) is 0 Å². The van der Waals surface area contributed by atoms with Crippen molar-refractivity contribution in [1.82, 2.24) is 0 Å². The third-order valence-electron chi connectivity index (χ3n) is 10.7. The molecular weight excluding hydrogens is 589 g/mol. The molecule has 9 aromatic rings. The minimum atomic E-state index is -0.630. The molecule has 0 fully saturated rings. The molecule has 9 aromatic carbocycles. The Morgan fingerprint density at radius 3 is 1.35 bits per heavy atom. The van der Waals surface area contributed by atoms with Crippen molar-refractivity contribution < 1.29 is 0 Å². The first-order valence-electron chi connectivity index (χ1n) is 17.1. The minimum absolute atomic E-state index is 0.630. The highest BCUT2D eigenvalue weighted by Crippen LogP contribution is 2.58. The van der Waals surface area contributed by atoms with E-state index < -0.39 is 5.41 Å². The number of fused-ring (bicyclic) bond motifs is 8. The van der Waals surface area contributed by atoms with Crippen molar-refractivity contribution >= 4 is 32.3 Å². The molecule has 0 aliphatic heterocycles. The van der Waals surface area contributed by atoms with Crippen LogP contribution in [0.2, 0.25) is 0 Å². The van der Waals surface area contributed by atoms with E-state index >= 15 is 0 Å². The van der Waals surface area contributed by atoms with Crippen LogP contribution in [-0.2, 0) is 5.41 Å². The predicted molar refractivity (Wildman–Crippen MR) is 207 cm³/mol. The summed E-state index contributed by atoms with van der Waals surface area (Å²) < 4.78 is 0. The van der Waals surface area contributed by atoms with Gasteiger partial charge in [-0.25, -0.2) is 0 Å². The van der Waals surface area contributed by atoms with Crippen LogP contribution in [0, 0.1) is 0 Å². The molecule has 228 valence electrons. The van der Waals surface area contributed by atoms with E-state index in [1.807, 2.05) is 0 Å². The highest BCUT2D eigenvalue weighted by Gasteiger charge is 2.45. The largest absolute Gasteiger partial charge is 0.0725 e. The molecule has 10 rings (SSSR count). The Hall–Kier alpha value is -6.24. The Labute approximate surface area is 286 Å². The van der Waals surface area contributed by atoms with Crippen molar-refractivity contribution in [2.45, 2.75) is 5.41 Å². The molecule has 0 saturated carbocycles. The van der Waals surface area contributed by atoms with Gasteiger partial charge >= 0.3 is 0 Å². The number of hydrogen-bond donors (Lipinski definition) is 0. The van der Waals surface area contributed by atoms with E-state index in [4.69, 9.17) is 0 Å². The molecule has 0 nitrogen and oxygen atoms in total. The Morgan fingerprint density at radius 2 is 0.755 bits per heavy atom. The maximum Gasteiger partial charge on any atom is 0.0725 e. The molecule has 0 saturated heterocycles. The van der Waals surface area contributed by atoms with Gasteiger partial charge in [0.2, 0.25) is 0 Å². The number of benzene rings is 9. The van der Waals surface area contributed by atoms with Crippen LogP contribution in [0.15, 0.2) is 194 Å². The molecule has 0 radical (unpaired) electrons. The van der Waals surface area contributed by atoms with Crippen LogP contribution in [0.5, 0.6) is 0 Å². The molecule has 0 aromatic heterocycles. The molecular formula is C49H32. The highest BCUT2D eigenvalue weighted by molar-refractivity contribution is 6.17. The SMILES string of the molecule is c1ccc(C2(c3c4ccccc4c(-c4ccc5ccccc5c4)c4ccccc34)c3ccccc3-c3ccccc3-c3ccccc32)cc1. The van der Waals surface area contributed by atoms with Gasteiger partial charge in [0.05, 0.1) is 5.41 Å². The van der Waals surface area contributed by atoms with Crippen LogP contribution in [0.25, 0.3) is 65.7 Å². The van der Waals surface area contributed by atoms with Crippen LogP contribution < -0.4 is 0 Å². The normalized spacial score (nSPS) is 13.1. The maximum absolute atomic E-state index is 2.38. The van der Waals surface area contributed by atoms with Gasteiger partial charge in [0.15, 0.2) is 0 Å². The van der Waals surface area contributed by atoms with E-state index in [2.05, 4.69) is 194 Å². The summed E-state index contributed by atoms with van der Waals surface area (Å²) in [6, 6.07) is 72.2. The van der Waals surface area contributed by atoms with Gasteiger partial charge in [0.1, 0.15) is 0 Å². The molecule has 1 aliphatic carbocycles. The molecule has 49 heavy (non-hydrogen) atoms. The average Bonchev–Trinajstić information content (AvgIpc) is 3.29. The summed E-state index contributed by atoms with van der Waals surface area (Å²) in [5.74, 6) is 0. The second-order valence-electron chi connectivity index (χ2n) is 13.2. The summed E-state index contributed by atoms with van der Waals surface area (Å²) in [6.45, 7) is 0. The van der Waals surface area contributed by atoms with E-state index in [1.165, 1.54) is 88.0 Å². The van der Waals surface area contributed by atoms with E-state index in [0.29, 0.717) is 0 Å². The van der Waals surface area contributed by atoms with Crippen molar-refractivity contribution in [3.05, 3.63) is 216 Å². The molecule has 0 bridgehead atoms. The van der Waals surface area contributed by atoms with Crippen molar-refractivity contribution in [3.63, 3.8) is 0 Å². The zero-order valence-corrected chi connectivity index (χ0v) is 27.0. The van der Waals surface area contributed by atoms with Gasteiger partial charge in [-0.15, -0.1) is 0 Å². The second-order valence-corrected chi connectivity index (χ2v) is 13.2. The van der Waals surface area contributed by atoms with Gasteiger partial charge < -0.3 is 0 Å². The Bertz CT molecular complexity index is 2590. The van der Waals surface area contributed by atoms with Crippen molar-refractivity contribution in [2.24, 2.45) is 0 Å². The summed E-state index contributed by atoms with van der Waals surface area (Å²) >= 11 is 0. The Kier molecular flexibility index (Phi) is 6.19. The number of rotatable bonds is 3. The van der Waals surface area contributed by atoms with E-state index in [1.54, 1.807) is 0 Å². The molecule has 0 amide bonds. The lowest BCUT2D eigenvalue weighted by atomic mass is 9.61. The molecule has 0 spiro atoms. The topological polar surface area (TPSA) is 0 Å². The van der Waals surface area contributed by atoms with Crippen molar-refractivity contribution in [2.75, 3.05) is 0 Å². The first-order valence-corrected chi connectivity index (χ1v) is 17.1. The van der Waals surface area contributed by atoms with Crippen LogP contribution in [0.1, 0.15) is 22.3 Å². The summed E-state index contributed by atoms with van der Waals surface area (Å²) in [5.41, 5.74) is 12.1. The summed E-state index contributed by atoms with van der Waals surface area (Å²) in [5, 5.41) is 7.57. The molecule has 1 aliphatic rings. The third kappa shape index (κ3) is 3.98. The number of hydrogen-bond acceptors (Lipinski definition) is 0. The van der Waals surface area contributed by atoms with Gasteiger partial charge in [-0.05, 0) is 94.0 Å². The Morgan fingerprint density at radius 1 is 0.306 bits per heavy atom. The van der Waals surface area contributed by atoms with Crippen LogP contribution in [0.3, 0.4) is 0 Å². The van der Waals surface area contributed by atoms with Crippen LogP contribution >= 0.6 is 0 Å². The van der Waals surface area contributed by atoms with E-state index in [0.717, 1.165) is 0 Å². The van der Waals surface area contributed by atoms with Crippen LogP contribution in [-0.4, -0.2) is 0 Å². The van der Waals surface area contributed by atoms with E-state index in [9.17, 15) is 0 Å². The van der Waals surface area contributed by atoms with Gasteiger partial charge in [0, 0.05) is 0 Å². The molecule has 0 N–H and O–H groups in total. The lowest BCUT2D eigenvalue weighted by Gasteiger charge is -2.40. The molecule has 0 heteroatoms. The molecule has 0 unspecified atom stereocenters. The van der Waals surface area contributed by atoms with Crippen molar-refractivity contribution in [3.8, 4) is 33.4 Å². The molecule has 0 heterocycles. The smallest absolute Gasteiger partial charge is 0.0622 e. The first-order chi connectivity index (χ1) is 24.3.